The second-order valence-electron chi connectivity index (χ2n) is 8.47. The maximum Gasteiger partial charge on any atom is 0.287 e. The molecule has 0 spiro atoms. The lowest BCUT2D eigenvalue weighted by molar-refractivity contribution is 0.0738. The number of furan rings is 1. The van der Waals surface area contributed by atoms with Crippen LogP contribution in [-0.4, -0.2) is 32.8 Å². The molecule has 0 aliphatic heterocycles. The molecule has 3 aromatic heterocycles. The molecule has 180 valence electrons. The van der Waals surface area contributed by atoms with E-state index in [-0.39, 0.29) is 17.6 Å². The van der Waals surface area contributed by atoms with Gasteiger partial charge in [0.15, 0.2) is 5.76 Å². The van der Waals surface area contributed by atoms with Gasteiger partial charge in [-0.1, -0.05) is 25.1 Å². The van der Waals surface area contributed by atoms with Crippen LogP contribution in [0.1, 0.15) is 56.8 Å². The van der Waals surface area contributed by atoms with Crippen LogP contribution in [0.4, 0.5) is 0 Å². The Morgan fingerprint density at radius 1 is 1.03 bits per heavy atom. The zero-order valence-corrected chi connectivity index (χ0v) is 20.1. The highest BCUT2D eigenvalue weighted by atomic mass is 16.4. The number of aryl methyl sites for hydroxylation is 1. The van der Waals surface area contributed by atoms with E-state index in [0.717, 1.165) is 28.8 Å². The van der Waals surface area contributed by atoms with Gasteiger partial charge in [0, 0.05) is 42.9 Å². The molecule has 0 aliphatic rings. The number of pyridine rings is 1. The zero-order valence-electron chi connectivity index (χ0n) is 20.1. The molecule has 2 amide bonds. The molecule has 0 saturated carbocycles. The average Bonchev–Trinajstić information content (AvgIpc) is 3.53. The summed E-state index contributed by atoms with van der Waals surface area (Å²) in [6.07, 6.45) is 6.21. The van der Waals surface area contributed by atoms with Gasteiger partial charge in [-0.05, 0) is 66.9 Å². The molecule has 3 heterocycles. The lowest BCUT2D eigenvalue weighted by Crippen LogP contribution is -2.32. The first-order valence-electron chi connectivity index (χ1n) is 11.8. The monoisotopic (exact) mass is 470 g/mol. The summed E-state index contributed by atoms with van der Waals surface area (Å²) in [4.78, 5) is 31.6. The third kappa shape index (κ3) is 6.06. The van der Waals surface area contributed by atoms with Crippen molar-refractivity contribution in [3.05, 3.63) is 113 Å². The Hall–Kier alpha value is -4.13. The molecule has 7 nitrogen and oxygen atoms in total. The van der Waals surface area contributed by atoms with Crippen molar-refractivity contribution < 1.29 is 14.0 Å². The number of nitrogens with zero attached hydrogens (tertiary/aromatic N) is 3. The predicted octanol–water partition coefficient (Wildman–Crippen LogP) is 4.82. The summed E-state index contributed by atoms with van der Waals surface area (Å²) in [5.74, 6) is 0.705. The van der Waals surface area contributed by atoms with Crippen molar-refractivity contribution in [1.29, 1.82) is 0 Å². The maximum absolute atomic E-state index is 13.2. The van der Waals surface area contributed by atoms with Crippen LogP contribution in [0.3, 0.4) is 0 Å². The fourth-order valence-corrected chi connectivity index (χ4v) is 3.97. The first-order chi connectivity index (χ1) is 17.0. The van der Waals surface area contributed by atoms with Crippen molar-refractivity contribution in [3.8, 4) is 0 Å². The van der Waals surface area contributed by atoms with E-state index in [0.29, 0.717) is 31.9 Å². The summed E-state index contributed by atoms with van der Waals surface area (Å²) >= 11 is 0. The lowest BCUT2D eigenvalue weighted by atomic mass is 10.1. The van der Waals surface area contributed by atoms with Crippen molar-refractivity contribution in [2.45, 2.75) is 39.9 Å². The van der Waals surface area contributed by atoms with Crippen LogP contribution in [0.25, 0.3) is 0 Å². The summed E-state index contributed by atoms with van der Waals surface area (Å²) < 4.78 is 7.87. The second kappa shape index (κ2) is 11.3. The van der Waals surface area contributed by atoms with Crippen LogP contribution in [0.5, 0.6) is 0 Å². The summed E-state index contributed by atoms with van der Waals surface area (Å²) in [5, 5.41) is 2.86. The van der Waals surface area contributed by atoms with Gasteiger partial charge in [0.2, 0.25) is 0 Å². The molecule has 0 atom stereocenters. The quantitative estimate of drug-likeness (QED) is 0.361. The normalized spacial score (nSPS) is 10.8. The van der Waals surface area contributed by atoms with Crippen molar-refractivity contribution in [1.82, 2.24) is 19.8 Å². The number of aromatic nitrogens is 2. The van der Waals surface area contributed by atoms with E-state index in [1.807, 2.05) is 77.2 Å². The van der Waals surface area contributed by atoms with Crippen LogP contribution < -0.4 is 5.32 Å². The molecule has 0 saturated heterocycles. The van der Waals surface area contributed by atoms with Crippen LogP contribution in [0.15, 0.2) is 83.7 Å². The SMILES string of the molecule is CCCN(Cc1cccn1Cc1ccc(C(=O)NCc2ccncc2)o1)C(=O)c1ccccc1C. The van der Waals surface area contributed by atoms with Gasteiger partial charge in [0.1, 0.15) is 5.76 Å². The van der Waals surface area contributed by atoms with Gasteiger partial charge in [-0.15, -0.1) is 0 Å². The number of benzene rings is 1. The number of amides is 2. The fourth-order valence-electron chi connectivity index (χ4n) is 3.97. The van der Waals surface area contributed by atoms with Crippen molar-refractivity contribution in [3.63, 3.8) is 0 Å². The van der Waals surface area contributed by atoms with E-state index in [4.69, 9.17) is 4.42 Å². The van der Waals surface area contributed by atoms with Gasteiger partial charge in [-0.3, -0.25) is 14.6 Å². The maximum atomic E-state index is 13.2. The third-order valence-corrected chi connectivity index (χ3v) is 5.85. The molecular weight excluding hydrogens is 440 g/mol. The molecule has 4 aromatic rings. The van der Waals surface area contributed by atoms with Crippen molar-refractivity contribution in [2.75, 3.05) is 6.54 Å². The highest BCUT2D eigenvalue weighted by molar-refractivity contribution is 5.95. The number of hydrogen-bond donors (Lipinski definition) is 1. The van der Waals surface area contributed by atoms with Gasteiger partial charge in [0.25, 0.3) is 11.8 Å². The minimum absolute atomic E-state index is 0.0313. The molecule has 4 rings (SSSR count). The van der Waals surface area contributed by atoms with Gasteiger partial charge in [-0.2, -0.15) is 0 Å². The largest absolute Gasteiger partial charge is 0.454 e. The van der Waals surface area contributed by atoms with E-state index in [2.05, 4.69) is 17.2 Å². The zero-order chi connectivity index (χ0) is 24.6. The minimum atomic E-state index is -0.265. The number of carbonyl (C=O) groups is 2. The second-order valence-corrected chi connectivity index (χ2v) is 8.47. The van der Waals surface area contributed by atoms with Gasteiger partial charge >= 0.3 is 0 Å². The molecule has 0 aliphatic carbocycles. The van der Waals surface area contributed by atoms with Crippen LogP contribution in [-0.2, 0) is 19.6 Å². The summed E-state index contributed by atoms with van der Waals surface area (Å²) in [6, 6.07) is 18.9. The van der Waals surface area contributed by atoms with E-state index in [1.165, 1.54) is 0 Å². The fraction of sp³-hybridized carbons (Fsp3) is 0.250. The molecule has 0 fully saturated rings. The summed E-state index contributed by atoms with van der Waals surface area (Å²) in [5.41, 5.74) is 3.67. The molecule has 0 radical (unpaired) electrons. The Bertz CT molecular complexity index is 1280. The van der Waals surface area contributed by atoms with Crippen LogP contribution in [0.2, 0.25) is 0 Å². The van der Waals surface area contributed by atoms with Crippen molar-refractivity contribution >= 4 is 11.8 Å². The summed E-state index contributed by atoms with van der Waals surface area (Å²) in [6.45, 7) is 6.07. The smallest absolute Gasteiger partial charge is 0.287 e. The molecule has 1 aromatic carbocycles. The van der Waals surface area contributed by atoms with E-state index < -0.39 is 0 Å². The average molecular weight is 471 g/mol. The molecule has 7 heteroatoms. The molecular formula is C28H30N4O3. The Kier molecular flexibility index (Phi) is 7.77. The van der Waals surface area contributed by atoms with Crippen LogP contribution in [0, 0.1) is 6.92 Å². The Balaban J connectivity index is 1.42. The minimum Gasteiger partial charge on any atom is -0.454 e. The first-order valence-corrected chi connectivity index (χ1v) is 11.8. The topological polar surface area (TPSA) is 80.4 Å². The number of nitrogens with one attached hydrogen (secondary N) is 1. The van der Waals surface area contributed by atoms with E-state index in [1.54, 1.807) is 18.5 Å². The molecule has 0 unspecified atom stereocenters. The van der Waals surface area contributed by atoms with Crippen LogP contribution >= 0.6 is 0 Å². The number of rotatable bonds is 10. The lowest BCUT2D eigenvalue weighted by Gasteiger charge is -2.24. The number of carbonyl (C=O) groups excluding carboxylic acids is 2. The Morgan fingerprint density at radius 3 is 2.60 bits per heavy atom. The molecule has 1 N–H and O–H groups in total. The van der Waals surface area contributed by atoms with Gasteiger partial charge in [0.05, 0.1) is 13.1 Å². The Morgan fingerprint density at radius 2 is 1.83 bits per heavy atom. The third-order valence-electron chi connectivity index (χ3n) is 5.85. The summed E-state index contributed by atoms with van der Waals surface area (Å²) in [7, 11) is 0. The van der Waals surface area contributed by atoms with E-state index in [9.17, 15) is 9.59 Å². The van der Waals surface area contributed by atoms with Gasteiger partial charge in [-0.25, -0.2) is 0 Å². The number of hydrogen-bond acceptors (Lipinski definition) is 4. The van der Waals surface area contributed by atoms with Crippen molar-refractivity contribution in [2.24, 2.45) is 0 Å². The standard InChI is InChI=1S/C28H30N4O3/c1-3-16-32(28(34)25-9-5-4-7-21(25)2)19-23-8-6-17-31(23)20-24-10-11-26(35-24)27(33)30-18-22-12-14-29-15-13-22/h4-15,17H,3,16,18-20H2,1-2H3,(H,30,33). The van der Waals surface area contributed by atoms with E-state index >= 15 is 0 Å². The highest BCUT2D eigenvalue weighted by Gasteiger charge is 2.19. The van der Waals surface area contributed by atoms with Gasteiger partial charge < -0.3 is 19.2 Å². The highest BCUT2D eigenvalue weighted by Crippen LogP contribution is 2.17. The predicted molar refractivity (Wildman–Crippen MR) is 134 cm³/mol. The Labute approximate surface area is 205 Å². The first kappa shape index (κ1) is 24.0. The molecule has 35 heavy (non-hydrogen) atoms. The molecule has 0 bridgehead atoms.